The summed E-state index contributed by atoms with van der Waals surface area (Å²) in [6.45, 7) is 5.90. The van der Waals surface area contributed by atoms with Crippen LogP contribution in [0.4, 0.5) is 4.39 Å². The van der Waals surface area contributed by atoms with Crippen molar-refractivity contribution in [1.82, 2.24) is 0 Å². The van der Waals surface area contributed by atoms with Gasteiger partial charge in [-0.2, -0.15) is 0 Å². The molecule has 0 amide bonds. The maximum Gasteiger partial charge on any atom is 0.126 e. The van der Waals surface area contributed by atoms with Crippen LogP contribution < -0.4 is 4.74 Å². The Kier molecular flexibility index (Phi) is 5.12. The van der Waals surface area contributed by atoms with Gasteiger partial charge in [0, 0.05) is 12.7 Å². The summed E-state index contributed by atoms with van der Waals surface area (Å²) in [4.78, 5) is 0. The molecule has 0 radical (unpaired) electrons. The lowest BCUT2D eigenvalue weighted by Crippen LogP contribution is -2.10. The van der Waals surface area contributed by atoms with Crippen LogP contribution in [-0.2, 0) is 4.74 Å². The summed E-state index contributed by atoms with van der Waals surface area (Å²) in [7, 11) is 0. The molecule has 2 nitrogen and oxygen atoms in total. The van der Waals surface area contributed by atoms with Crippen LogP contribution >= 0.6 is 0 Å². The van der Waals surface area contributed by atoms with Gasteiger partial charge in [-0.25, -0.2) is 4.39 Å². The molecule has 0 saturated heterocycles. The maximum absolute atomic E-state index is 12.7. The zero-order chi connectivity index (χ0) is 11.1. The molecular weight excluding hydrogens is 195 g/mol. The largest absolute Gasteiger partial charge is 0.491 e. The molecule has 0 aliphatic carbocycles. The molecule has 0 spiro atoms. The predicted octanol–water partition coefficient (Wildman–Crippen LogP) is 2.88. The third kappa shape index (κ3) is 5.37. The molecule has 84 valence electrons. The minimum atomic E-state index is -0.282. The molecule has 15 heavy (non-hydrogen) atoms. The molecule has 0 N–H and O–H groups in total. The second-order valence-corrected chi connectivity index (χ2v) is 3.77. The number of hydrogen-bond acceptors (Lipinski definition) is 2. The fraction of sp³-hybridized carbons (Fsp3) is 0.500. The van der Waals surface area contributed by atoms with E-state index in [1.807, 2.05) is 0 Å². The van der Waals surface area contributed by atoms with Crippen LogP contribution in [0.1, 0.15) is 13.8 Å². The smallest absolute Gasteiger partial charge is 0.126 e. The Morgan fingerprint density at radius 2 is 2.07 bits per heavy atom. The minimum Gasteiger partial charge on any atom is -0.491 e. The van der Waals surface area contributed by atoms with Gasteiger partial charge in [0.1, 0.15) is 18.2 Å². The van der Waals surface area contributed by atoms with Crippen LogP contribution in [0.15, 0.2) is 24.3 Å². The average Bonchev–Trinajstić information content (AvgIpc) is 2.17. The zero-order valence-corrected chi connectivity index (χ0v) is 9.20. The van der Waals surface area contributed by atoms with Crippen molar-refractivity contribution in [2.75, 3.05) is 19.8 Å². The summed E-state index contributed by atoms with van der Waals surface area (Å²) in [6.07, 6.45) is 0. The van der Waals surface area contributed by atoms with Crippen LogP contribution in [0.3, 0.4) is 0 Å². The Balaban J connectivity index is 2.15. The van der Waals surface area contributed by atoms with E-state index in [2.05, 4.69) is 13.8 Å². The van der Waals surface area contributed by atoms with Gasteiger partial charge < -0.3 is 9.47 Å². The van der Waals surface area contributed by atoms with Gasteiger partial charge in [-0.1, -0.05) is 19.9 Å². The molecule has 1 aromatic carbocycles. The van der Waals surface area contributed by atoms with Gasteiger partial charge in [0.2, 0.25) is 0 Å². The SMILES string of the molecule is CC(C)COCCOc1cccc(F)c1. The summed E-state index contributed by atoms with van der Waals surface area (Å²) in [5.74, 6) is 0.790. The molecule has 0 aromatic heterocycles. The lowest BCUT2D eigenvalue weighted by Gasteiger charge is -2.08. The monoisotopic (exact) mass is 212 g/mol. The molecule has 0 aliphatic heterocycles. The van der Waals surface area contributed by atoms with Gasteiger partial charge in [-0.15, -0.1) is 0 Å². The molecule has 3 heteroatoms. The fourth-order valence-corrected chi connectivity index (χ4v) is 1.09. The molecular formula is C12H17FO2. The van der Waals surface area contributed by atoms with Gasteiger partial charge in [0.05, 0.1) is 6.61 Å². The lowest BCUT2D eigenvalue weighted by atomic mass is 10.2. The highest BCUT2D eigenvalue weighted by Crippen LogP contribution is 2.11. The van der Waals surface area contributed by atoms with E-state index >= 15 is 0 Å². The van der Waals surface area contributed by atoms with Gasteiger partial charge in [0.25, 0.3) is 0 Å². The Morgan fingerprint density at radius 1 is 1.27 bits per heavy atom. The second-order valence-electron chi connectivity index (χ2n) is 3.77. The van der Waals surface area contributed by atoms with E-state index in [1.54, 1.807) is 12.1 Å². The predicted molar refractivity (Wildman–Crippen MR) is 57.6 cm³/mol. The third-order valence-electron chi connectivity index (χ3n) is 1.74. The second kappa shape index (κ2) is 6.40. The van der Waals surface area contributed by atoms with Crippen LogP contribution in [0.5, 0.6) is 5.75 Å². The number of benzene rings is 1. The van der Waals surface area contributed by atoms with Crippen molar-refractivity contribution < 1.29 is 13.9 Å². The quantitative estimate of drug-likeness (QED) is 0.675. The van der Waals surface area contributed by atoms with Crippen LogP contribution in [0, 0.1) is 11.7 Å². The first-order chi connectivity index (χ1) is 7.18. The summed E-state index contributed by atoms with van der Waals surface area (Å²) in [5, 5.41) is 0. The topological polar surface area (TPSA) is 18.5 Å². The number of ether oxygens (including phenoxy) is 2. The first kappa shape index (κ1) is 12.0. The highest BCUT2D eigenvalue weighted by atomic mass is 19.1. The molecule has 0 fully saturated rings. The van der Waals surface area contributed by atoms with E-state index in [0.717, 1.165) is 6.61 Å². The van der Waals surface area contributed by atoms with Crippen molar-refractivity contribution in [2.24, 2.45) is 5.92 Å². The van der Waals surface area contributed by atoms with Gasteiger partial charge in [0.15, 0.2) is 0 Å². The van der Waals surface area contributed by atoms with Crippen molar-refractivity contribution in [3.8, 4) is 5.75 Å². The molecule has 0 unspecified atom stereocenters. The van der Waals surface area contributed by atoms with Gasteiger partial charge >= 0.3 is 0 Å². The lowest BCUT2D eigenvalue weighted by molar-refractivity contribution is 0.0818. The summed E-state index contributed by atoms with van der Waals surface area (Å²) >= 11 is 0. The molecule has 1 rings (SSSR count). The van der Waals surface area contributed by atoms with Crippen LogP contribution in [0.2, 0.25) is 0 Å². The van der Waals surface area contributed by atoms with Crippen molar-refractivity contribution in [1.29, 1.82) is 0 Å². The van der Waals surface area contributed by atoms with Crippen LogP contribution in [-0.4, -0.2) is 19.8 Å². The van der Waals surface area contributed by atoms with E-state index < -0.39 is 0 Å². The van der Waals surface area contributed by atoms with E-state index in [4.69, 9.17) is 9.47 Å². The van der Waals surface area contributed by atoms with E-state index in [0.29, 0.717) is 24.9 Å². The van der Waals surface area contributed by atoms with Crippen molar-refractivity contribution >= 4 is 0 Å². The first-order valence-corrected chi connectivity index (χ1v) is 5.14. The molecule has 0 saturated carbocycles. The molecule has 0 atom stereocenters. The standard InChI is InChI=1S/C12H17FO2/c1-10(2)9-14-6-7-15-12-5-3-4-11(13)8-12/h3-5,8,10H,6-7,9H2,1-2H3. The summed E-state index contributed by atoms with van der Waals surface area (Å²) in [6, 6.07) is 6.11. The highest BCUT2D eigenvalue weighted by Gasteiger charge is 1.96. The van der Waals surface area contributed by atoms with Crippen LogP contribution in [0.25, 0.3) is 0 Å². The molecule has 0 heterocycles. The number of rotatable bonds is 6. The van der Waals surface area contributed by atoms with Crippen molar-refractivity contribution in [3.05, 3.63) is 30.1 Å². The number of hydrogen-bond donors (Lipinski definition) is 0. The Labute approximate surface area is 90.0 Å². The Hall–Kier alpha value is -1.09. The number of halogens is 1. The highest BCUT2D eigenvalue weighted by molar-refractivity contribution is 5.22. The fourth-order valence-electron chi connectivity index (χ4n) is 1.09. The molecule has 1 aromatic rings. The normalized spacial score (nSPS) is 10.7. The first-order valence-electron chi connectivity index (χ1n) is 5.14. The summed E-state index contributed by atoms with van der Waals surface area (Å²) in [5.41, 5.74) is 0. The minimum absolute atomic E-state index is 0.282. The van der Waals surface area contributed by atoms with E-state index in [1.165, 1.54) is 12.1 Å². The molecule has 0 aliphatic rings. The Bertz CT molecular complexity index is 287. The van der Waals surface area contributed by atoms with Crippen molar-refractivity contribution in [3.63, 3.8) is 0 Å². The average molecular weight is 212 g/mol. The molecule has 0 bridgehead atoms. The van der Waals surface area contributed by atoms with Gasteiger partial charge in [-0.3, -0.25) is 0 Å². The summed E-state index contributed by atoms with van der Waals surface area (Å²) < 4.78 is 23.4. The zero-order valence-electron chi connectivity index (χ0n) is 9.20. The van der Waals surface area contributed by atoms with E-state index in [9.17, 15) is 4.39 Å². The van der Waals surface area contributed by atoms with E-state index in [-0.39, 0.29) is 5.82 Å². The van der Waals surface area contributed by atoms with Gasteiger partial charge in [-0.05, 0) is 18.1 Å². The maximum atomic E-state index is 12.7. The Morgan fingerprint density at radius 3 is 2.73 bits per heavy atom. The third-order valence-corrected chi connectivity index (χ3v) is 1.74. The van der Waals surface area contributed by atoms with Crippen molar-refractivity contribution in [2.45, 2.75) is 13.8 Å².